The van der Waals surface area contributed by atoms with E-state index in [0.717, 1.165) is 25.9 Å². The molecule has 0 bridgehead atoms. The van der Waals surface area contributed by atoms with Crippen LogP contribution in [0.5, 0.6) is 0 Å². The summed E-state index contributed by atoms with van der Waals surface area (Å²) in [7, 11) is 0. The minimum absolute atomic E-state index is 0.0409. The van der Waals surface area contributed by atoms with Crippen LogP contribution >= 0.6 is 0 Å². The van der Waals surface area contributed by atoms with Gasteiger partial charge in [0.15, 0.2) is 0 Å². The molecule has 3 nitrogen and oxygen atoms in total. The van der Waals surface area contributed by atoms with E-state index >= 15 is 0 Å². The Morgan fingerprint density at radius 3 is 1.78 bits per heavy atom. The molecule has 136 valence electrons. The van der Waals surface area contributed by atoms with Crippen molar-refractivity contribution in [2.24, 2.45) is 5.41 Å². The minimum Gasteiger partial charge on any atom is -0.376 e. The van der Waals surface area contributed by atoms with Gasteiger partial charge in [0.2, 0.25) is 0 Å². The monoisotopic (exact) mass is 326 g/mol. The Labute approximate surface area is 143 Å². The Morgan fingerprint density at radius 1 is 0.696 bits per heavy atom. The van der Waals surface area contributed by atoms with Crippen LogP contribution in [-0.2, 0) is 14.3 Å². The molecule has 0 aromatic rings. The second-order valence-corrected chi connectivity index (χ2v) is 8.54. The second kappa shape index (κ2) is 11.0. The van der Waals surface area contributed by atoms with Crippen LogP contribution in [0, 0.1) is 5.41 Å². The number of carbonyl (C=O) groups excluding carboxylic acids is 2. The molecule has 0 N–H and O–H groups in total. The number of Topliss-reactive ketones (excluding diaryl/α,β-unsaturated/α-hetero) is 2. The molecule has 0 saturated carbocycles. The van der Waals surface area contributed by atoms with E-state index in [2.05, 4.69) is 20.8 Å². The first-order chi connectivity index (χ1) is 10.5. The van der Waals surface area contributed by atoms with Gasteiger partial charge in [-0.05, 0) is 40.0 Å². The lowest BCUT2D eigenvalue weighted by Crippen LogP contribution is -2.19. The topological polar surface area (TPSA) is 43.4 Å². The molecule has 0 aliphatic heterocycles. The first kappa shape index (κ1) is 22.3. The summed E-state index contributed by atoms with van der Waals surface area (Å²) in [5.74, 6) is 0.561. The third-order valence-electron chi connectivity index (χ3n) is 3.83. The molecule has 3 heteroatoms. The Balaban J connectivity index is 3.46. The van der Waals surface area contributed by atoms with Gasteiger partial charge >= 0.3 is 0 Å². The van der Waals surface area contributed by atoms with Gasteiger partial charge in [-0.2, -0.15) is 0 Å². The van der Waals surface area contributed by atoms with E-state index < -0.39 is 0 Å². The Hall–Kier alpha value is -0.700. The highest BCUT2D eigenvalue weighted by Crippen LogP contribution is 2.18. The highest BCUT2D eigenvalue weighted by molar-refractivity contribution is 5.84. The molecule has 0 atom stereocenters. The van der Waals surface area contributed by atoms with E-state index in [1.165, 1.54) is 12.8 Å². The zero-order chi connectivity index (χ0) is 17.9. The van der Waals surface area contributed by atoms with Gasteiger partial charge in [0.25, 0.3) is 0 Å². The average Bonchev–Trinajstić information content (AvgIpc) is 2.39. The highest BCUT2D eigenvalue weighted by Gasteiger charge is 2.20. The fraction of sp³-hybridized carbons (Fsp3) is 0.900. The maximum Gasteiger partial charge on any atom is 0.138 e. The van der Waals surface area contributed by atoms with Crippen molar-refractivity contribution in [3.63, 3.8) is 0 Å². The van der Waals surface area contributed by atoms with Crippen LogP contribution in [0.2, 0.25) is 0 Å². The molecule has 0 rings (SSSR count). The molecule has 0 amide bonds. The smallest absolute Gasteiger partial charge is 0.138 e. The first-order valence-electron chi connectivity index (χ1n) is 9.21. The zero-order valence-corrected chi connectivity index (χ0v) is 16.3. The van der Waals surface area contributed by atoms with Crippen LogP contribution in [0.4, 0.5) is 0 Å². The lowest BCUT2D eigenvalue weighted by Gasteiger charge is -2.19. The molecule has 0 spiro atoms. The average molecular weight is 327 g/mol. The summed E-state index contributed by atoms with van der Waals surface area (Å²) in [6.07, 6.45) is 7.99. The molecule has 0 fully saturated rings. The van der Waals surface area contributed by atoms with E-state index in [0.29, 0.717) is 31.5 Å². The predicted octanol–water partition coefficient (Wildman–Crippen LogP) is 5.50. The largest absolute Gasteiger partial charge is 0.376 e. The van der Waals surface area contributed by atoms with Gasteiger partial charge in [0.05, 0.1) is 5.60 Å². The van der Waals surface area contributed by atoms with Crippen LogP contribution in [0.3, 0.4) is 0 Å². The van der Waals surface area contributed by atoms with Gasteiger partial charge in [-0.25, -0.2) is 0 Å². The van der Waals surface area contributed by atoms with Crippen molar-refractivity contribution in [2.75, 3.05) is 6.61 Å². The molecular formula is C20H38O3. The van der Waals surface area contributed by atoms with Crippen LogP contribution in [0.1, 0.15) is 99.3 Å². The number of carbonyl (C=O) groups is 2. The maximum atomic E-state index is 11.8. The summed E-state index contributed by atoms with van der Waals surface area (Å²) in [6.45, 7) is 12.9. The number of hydrogen-bond acceptors (Lipinski definition) is 3. The van der Waals surface area contributed by atoms with Crippen molar-refractivity contribution < 1.29 is 14.3 Å². The summed E-state index contributed by atoms with van der Waals surface area (Å²) in [4.78, 5) is 23.6. The molecule has 0 saturated heterocycles. The third kappa shape index (κ3) is 14.6. The van der Waals surface area contributed by atoms with Gasteiger partial charge in [-0.1, -0.05) is 40.0 Å². The van der Waals surface area contributed by atoms with Crippen LogP contribution in [0.15, 0.2) is 0 Å². The van der Waals surface area contributed by atoms with Crippen LogP contribution in [0.25, 0.3) is 0 Å². The molecule has 23 heavy (non-hydrogen) atoms. The molecular weight excluding hydrogens is 288 g/mol. The Morgan fingerprint density at radius 2 is 1.22 bits per heavy atom. The number of ether oxygens (including phenoxy) is 1. The standard InChI is InChI=1S/C20H38O3/c1-19(2,3)18(22)15-12-14-17(21)13-10-8-7-9-11-16-23-20(4,5)6/h7-16H2,1-6H3. The summed E-state index contributed by atoms with van der Waals surface area (Å²) in [6, 6.07) is 0. The number of unbranched alkanes of at least 4 members (excludes halogenated alkanes) is 4. The quantitative estimate of drug-likeness (QED) is 0.445. The van der Waals surface area contributed by atoms with Crippen LogP contribution < -0.4 is 0 Å². The molecule has 0 aliphatic carbocycles. The molecule has 0 unspecified atom stereocenters. The predicted molar refractivity (Wildman–Crippen MR) is 96.7 cm³/mol. The van der Waals surface area contributed by atoms with Crippen molar-refractivity contribution in [3.05, 3.63) is 0 Å². The van der Waals surface area contributed by atoms with Gasteiger partial charge < -0.3 is 4.74 Å². The fourth-order valence-electron chi connectivity index (χ4n) is 2.28. The summed E-state index contributed by atoms with van der Waals surface area (Å²) >= 11 is 0. The zero-order valence-electron chi connectivity index (χ0n) is 16.3. The fourth-order valence-corrected chi connectivity index (χ4v) is 2.28. The maximum absolute atomic E-state index is 11.8. The minimum atomic E-state index is -0.278. The first-order valence-corrected chi connectivity index (χ1v) is 9.21. The van der Waals surface area contributed by atoms with E-state index in [1.54, 1.807) is 0 Å². The lowest BCUT2D eigenvalue weighted by atomic mass is 9.87. The number of hydrogen-bond donors (Lipinski definition) is 0. The van der Waals surface area contributed by atoms with E-state index in [-0.39, 0.29) is 16.8 Å². The number of rotatable bonds is 12. The molecule has 0 aromatic carbocycles. The lowest BCUT2D eigenvalue weighted by molar-refractivity contribution is -0.126. The molecule has 0 heterocycles. The SMILES string of the molecule is CC(C)(C)OCCCCCCCC(=O)CCCC(=O)C(C)(C)C. The Bertz CT molecular complexity index is 345. The van der Waals surface area contributed by atoms with Crippen molar-refractivity contribution >= 4 is 11.6 Å². The van der Waals surface area contributed by atoms with Crippen LogP contribution in [-0.4, -0.2) is 23.8 Å². The molecule has 0 aliphatic rings. The summed E-state index contributed by atoms with van der Waals surface area (Å²) in [5, 5.41) is 0. The summed E-state index contributed by atoms with van der Waals surface area (Å²) < 4.78 is 5.68. The van der Waals surface area contributed by atoms with Crippen molar-refractivity contribution in [2.45, 2.75) is 105 Å². The van der Waals surface area contributed by atoms with Gasteiger partial charge in [-0.15, -0.1) is 0 Å². The van der Waals surface area contributed by atoms with E-state index in [1.807, 2.05) is 20.8 Å². The van der Waals surface area contributed by atoms with Crippen molar-refractivity contribution in [1.82, 2.24) is 0 Å². The van der Waals surface area contributed by atoms with Crippen molar-refractivity contribution in [1.29, 1.82) is 0 Å². The summed E-state index contributed by atoms with van der Waals surface area (Å²) in [5.41, 5.74) is -0.319. The Kier molecular flexibility index (Phi) is 10.6. The van der Waals surface area contributed by atoms with Gasteiger partial charge in [0.1, 0.15) is 11.6 Å². The number of ketones is 2. The van der Waals surface area contributed by atoms with Crippen molar-refractivity contribution in [3.8, 4) is 0 Å². The molecule has 0 radical (unpaired) electrons. The third-order valence-corrected chi connectivity index (χ3v) is 3.83. The van der Waals surface area contributed by atoms with Gasteiger partial charge in [-0.3, -0.25) is 9.59 Å². The second-order valence-electron chi connectivity index (χ2n) is 8.54. The highest BCUT2D eigenvalue weighted by atomic mass is 16.5. The van der Waals surface area contributed by atoms with E-state index in [9.17, 15) is 9.59 Å². The normalized spacial score (nSPS) is 12.4. The van der Waals surface area contributed by atoms with Gasteiger partial charge in [0, 0.05) is 31.3 Å². The molecule has 0 aromatic heterocycles. The van der Waals surface area contributed by atoms with E-state index in [4.69, 9.17) is 4.74 Å².